The van der Waals surface area contributed by atoms with Crippen molar-refractivity contribution >= 4 is 11.3 Å². The van der Waals surface area contributed by atoms with Gasteiger partial charge in [-0.15, -0.1) is 0 Å². The maximum absolute atomic E-state index is 3.42. The Morgan fingerprint density at radius 2 is 2.21 bits per heavy atom. The lowest BCUT2D eigenvalue weighted by atomic mass is 9.86. The first-order valence-corrected chi connectivity index (χ1v) is 6.30. The van der Waals surface area contributed by atoms with E-state index in [-0.39, 0.29) is 0 Å². The van der Waals surface area contributed by atoms with Gasteiger partial charge in [-0.1, -0.05) is 20.8 Å². The lowest BCUT2D eigenvalue weighted by Crippen LogP contribution is -2.29. The zero-order valence-corrected chi connectivity index (χ0v) is 10.3. The first-order valence-electron chi connectivity index (χ1n) is 5.36. The van der Waals surface area contributed by atoms with E-state index in [0.29, 0.717) is 5.41 Å². The van der Waals surface area contributed by atoms with E-state index in [1.165, 1.54) is 18.4 Å². The van der Waals surface area contributed by atoms with Crippen molar-refractivity contribution in [1.29, 1.82) is 0 Å². The quantitative estimate of drug-likeness (QED) is 0.761. The fourth-order valence-corrected chi connectivity index (χ4v) is 2.17. The van der Waals surface area contributed by atoms with E-state index in [1.54, 1.807) is 11.3 Å². The smallest absolute Gasteiger partial charge is 0.000251 e. The molecule has 0 aliphatic heterocycles. The van der Waals surface area contributed by atoms with Gasteiger partial charge in [-0.25, -0.2) is 0 Å². The van der Waals surface area contributed by atoms with Gasteiger partial charge >= 0.3 is 0 Å². The minimum Gasteiger partial charge on any atom is -0.316 e. The van der Waals surface area contributed by atoms with Crippen molar-refractivity contribution in [3.63, 3.8) is 0 Å². The van der Waals surface area contributed by atoms with Gasteiger partial charge in [0.25, 0.3) is 0 Å². The highest BCUT2D eigenvalue weighted by atomic mass is 32.1. The molecule has 0 saturated carbocycles. The van der Waals surface area contributed by atoms with E-state index < -0.39 is 0 Å². The zero-order chi connectivity index (χ0) is 10.4. The Morgan fingerprint density at radius 3 is 2.79 bits per heavy atom. The summed E-state index contributed by atoms with van der Waals surface area (Å²) >= 11 is 1.79. The van der Waals surface area contributed by atoms with Crippen molar-refractivity contribution < 1.29 is 0 Å². The molecule has 1 nitrogen and oxygen atoms in total. The Balaban J connectivity index is 2.28. The van der Waals surface area contributed by atoms with Gasteiger partial charge in [-0.3, -0.25) is 0 Å². The molecule has 14 heavy (non-hydrogen) atoms. The lowest BCUT2D eigenvalue weighted by Gasteiger charge is -2.24. The Kier molecular flexibility index (Phi) is 4.63. The van der Waals surface area contributed by atoms with Gasteiger partial charge in [-0.05, 0) is 47.2 Å². The van der Waals surface area contributed by atoms with Gasteiger partial charge in [0.2, 0.25) is 0 Å². The van der Waals surface area contributed by atoms with Crippen LogP contribution in [0.1, 0.15) is 32.8 Å². The van der Waals surface area contributed by atoms with E-state index in [1.807, 2.05) is 0 Å². The average molecular weight is 211 g/mol. The van der Waals surface area contributed by atoms with Gasteiger partial charge in [0, 0.05) is 6.54 Å². The number of thiophene rings is 1. The summed E-state index contributed by atoms with van der Waals surface area (Å²) in [6, 6.07) is 2.23. The molecule has 1 N–H and O–H groups in total. The SMILES string of the molecule is CCNCC(C)(C)CCc1ccsc1. The van der Waals surface area contributed by atoms with Gasteiger partial charge in [0.15, 0.2) is 0 Å². The second-order valence-corrected chi connectivity index (χ2v) is 5.36. The first kappa shape index (κ1) is 11.7. The number of nitrogens with one attached hydrogen (secondary N) is 1. The second kappa shape index (κ2) is 5.52. The number of hydrogen-bond donors (Lipinski definition) is 1. The molecule has 0 aliphatic carbocycles. The van der Waals surface area contributed by atoms with Crippen LogP contribution < -0.4 is 5.32 Å². The fourth-order valence-electron chi connectivity index (χ4n) is 1.47. The van der Waals surface area contributed by atoms with E-state index in [9.17, 15) is 0 Å². The third-order valence-corrected chi connectivity index (χ3v) is 3.26. The maximum atomic E-state index is 3.42. The normalized spacial score (nSPS) is 11.9. The van der Waals surface area contributed by atoms with Crippen LogP contribution in [0.2, 0.25) is 0 Å². The molecule has 0 radical (unpaired) electrons. The van der Waals surface area contributed by atoms with Crippen LogP contribution in [0.5, 0.6) is 0 Å². The molecule has 0 saturated heterocycles. The fraction of sp³-hybridized carbons (Fsp3) is 0.667. The molecular weight excluding hydrogens is 190 g/mol. The van der Waals surface area contributed by atoms with Gasteiger partial charge in [0.05, 0.1) is 0 Å². The zero-order valence-electron chi connectivity index (χ0n) is 9.47. The monoisotopic (exact) mass is 211 g/mol. The van der Waals surface area contributed by atoms with E-state index >= 15 is 0 Å². The van der Waals surface area contributed by atoms with Crippen LogP contribution in [-0.2, 0) is 6.42 Å². The molecule has 0 atom stereocenters. The summed E-state index contributed by atoms with van der Waals surface area (Å²) < 4.78 is 0. The third kappa shape index (κ3) is 4.25. The minimum absolute atomic E-state index is 0.415. The van der Waals surface area contributed by atoms with Crippen molar-refractivity contribution in [3.05, 3.63) is 22.4 Å². The number of hydrogen-bond acceptors (Lipinski definition) is 2. The van der Waals surface area contributed by atoms with Crippen molar-refractivity contribution in [2.24, 2.45) is 5.41 Å². The third-order valence-electron chi connectivity index (χ3n) is 2.52. The van der Waals surface area contributed by atoms with Crippen LogP contribution in [0.15, 0.2) is 16.8 Å². The van der Waals surface area contributed by atoms with Crippen molar-refractivity contribution in [3.8, 4) is 0 Å². The van der Waals surface area contributed by atoms with Crippen LogP contribution >= 0.6 is 11.3 Å². The molecule has 0 amide bonds. The largest absolute Gasteiger partial charge is 0.316 e. The standard InChI is InChI=1S/C12H21NS/c1-4-13-10-12(2,3)7-5-11-6-8-14-9-11/h6,8-9,13H,4-5,7,10H2,1-3H3. The van der Waals surface area contributed by atoms with Gasteiger partial charge in [0.1, 0.15) is 0 Å². The first-order chi connectivity index (χ1) is 6.64. The van der Waals surface area contributed by atoms with Crippen LogP contribution in [0, 0.1) is 5.41 Å². The molecule has 0 spiro atoms. The van der Waals surface area contributed by atoms with Crippen LogP contribution in [0.4, 0.5) is 0 Å². The summed E-state index contributed by atoms with van der Waals surface area (Å²) in [5.41, 5.74) is 1.90. The predicted octanol–water partition coefficient (Wildman–Crippen LogP) is 3.32. The molecule has 0 bridgehead atoms. The summed E-state index contributed by atoms with van der Waals surface area (Å²) in [4.78, 5) is 0. The molecular formula is C12H21NS. The Hall–Kier alpha value is -0.340. The Bertz CT molecular complexity index is 239. The van der Waals surface area contributed by atoms with Crippen LogP contribution in [0.3, 0.4) is 0 Å². The van der Waals surface area contributed by atoms with E-state index in [2.05, 4.69) is 42.9 Å². The van der Waals surface area contributed by atoms with Crippen LogP contribution in [-0.4, -0.2) is 13.1 Å². The summed E-state index contributed by atoms with van der Waals surface area (Å²) in [6.45, 7) is 9.02. The topological polar surface area (TPSA) is 12.0 Å². The van der Waals surface area contributed by atoms with Crippen molar-refractivity contribution in [2.75, 3.05) is 13.1 Å². The highest BCUT2D eigenvalue weighted by molar-refractivity contribution is 7.07. The highest BCUT2D eigenvalue weighted by Gasteiger charge is 2.16. The molecule has 2 heteroatoms. The Labute approximate surface area is 91.5 Å². The maximum Gasteiger partial charge on any atom is 0.000251 e. The molecule has 1 aromatic heterocycles. The molecule has 0 aliphatic rings. The molecule has 80 valence electrons. The highest BCUT2D eigenvalue weighted by Crippen LogP contribution is 2.22. The van der Waals surface area contributed by atoms with E-state index in [4.69, 9.17) is 0 Å². The molecule has 1 heterocycles. The number of rotatable bonds is 6. The predicted molar refractivity (Wildman–Crippen MR) is 65.0 cm³/mol. The lowest BCUT2D eigenvalue weighted by molar-refractivity contribution is 0.318. The molecule has 1 aromatic rings. The van der Waals surface area contributed by atoms with Crippen molar-refractivity contribution in [1.82, 2.24) is 5.32 Å². The molecule has 0 aromatic carbocycles. The number of aryl methyl sites for hydroxylation is 1. The second-order valence-electron chi connectivity index (χ2n) is 4.58. The summed E-state index contributed by atoms with van der Waals surface area (Å²) in [6.07, 6.45) is 2.47. The summed E-state index contributed by atoms with van der Waals surface area (Å²) in [5, 5.41) is 7.83. The van der Waals surface area contributed by atoms with E-state index in [0.717, 1.165) is 13.1 Å². The Morgan fingerprint density at radius 1 is 1.43 bits per heavy atom. The van der Waals surface area contributed by atoms with Crippen molar-refractivity contribution in [2.45, 2.75) is 33.6 Å². The molecule has 0 unspecified atom stereocenters. The average Bonchev–Trinajstić information content (AvgIpc) is 2.64. The minimum atomic E-state index is 0.415. The summed E-state index contributed by atoms with van der Waals surface area (Å²) in [5.74, 6) is 0. The summed E-state index contributed by atoms with van der Waals surface area (Å²) in [7, 11) is 0. The van der Waals surface area contributed by atoms with Gasteiger partial charge < -0.3 is 5.32 Å². The molecule has 0 fully saturated rings. The van der Waals surface area contributed by atoms with Gasteiger partial charge in [-0.2, -0.15) is 11.3 Å². The van der Waals surface area contributed by atoms with Crippen LogP contribution in [0.25, 0.3) is 0 Å². The molecule has 1 rings (SSSR count).